The van der Waals surface area contributed by atoms with Crippen molar-refractivity contribution in [3.63, 3.8) is 0 Å². The Morgan fingerprint density at radius 2 is 1.89 bits per heavy atom. The van der Waals surface area contributed by atoms with E-state index in [1.165, 1.54) is 0 Å². The number of halogens is 1. The van der Waals surface area contributed by atoms with Crippen molar-refractivity contribution in [2.75, 3.05) is 6.54 Å². The van der Waals surface area contributed by atoms with Crippen LogP contribution in [0.4, 0.5) is 0 Å². The van der Waals surface area contributed by atoms with Crippen molar-refractivity contribution < 1.29 is 9.84 Å². The predicted molar refractivity (Wildman–Crippen MR) is 78.9 cm³/mol. The number of nitrogens with two attached hydrogens (primary N) is 1. The van der Waals surface area contributed by atoms with Crippen LogP contribution in [0, 0.1) is 0 Å². The Bertz CT molecular complexity index is 528. The molecule has 0 aliphatic heterocycles. The summed E-state index contributed by atoms with van der Waals surface area (Å²) in [5.41, 5.74) is 7.63. The van der Waals surface area contributed by atoms with Gasteiger partial charge in [-0.3, -0.25) is 0 Å². The zero-order valence-electron chi connectivity index (χ0n) is 10.4. The number of hydrogen-bond donors (Lipinski definition) is 2. The summed E-state index contributed by atoms with van der Waals surface area (Å²) in [5.74, 6) is 0.713. The van der Waals surface area contributed by atoms with E-state index in [2.05, 4.69) is 15.9 Å². The molecule has 2 rings (SSSR count). The molecule has 1 atom stereocenters. The molecular formula is C15H16BrNO2. The fourth-order valence-electron chi connectivity index (χ4n) is 1.81. The van der Waals surface area contributed by atoms with Crippen LogP contribution in [0.15, 0.2) is 53.0 Å². The highest BCUT2D eigenvalue weighted by Crippen LogP contribution is 2.23. The fourth-order valence-corrected chi connectivity index (χ4v) is 2.08. The molecule has 0 amide bonds. The van der Waals surface area contributed by atoms with Crippen LogP contribution in [0.3, 0.4) is 0 Å². The minimum atomic E-state index is -0.193. The summed E-state index contributed by atoms with van der Waals surface area (Å²) in [5, 5.41) is 9.12. The largest absolute Gasteiger partial charge is 0.484 e. The van der Waals surface area contributed by atoms with Gasteiger partial charge in [-0.05, 0) is 35.4 Å². The van der Waals surface area contributed by atoms with Crippen LogP contribution in [-0.4, -0.2) is 11.7 Å². The van der Waals surface area contributed by atoms with Crippen LogP contribution < -0.4 is 10.5 Å². The summed E-state index contributed by atoms with van der Waals surface area (Å²) in [6.07, 6.45) is -0.193. The monoisotopic (exact) mass is 321 g/mol. The smallest absolute Gasteiger partial charge is 0.136 e. The third kappa shape index (κ3) is 3.80. The molecule has 0 fully saturated rings. The van der Waals surface area contributed by atoms with Crippen molar-refractivity contribution in [3.05, 3.63) is 64.1 Å². The van der Waals surface area contributed by atoms with E-state index < -0.39 is 0 Å². The van der Waals surface area contributed by atoms with Gasteiger partial charge in [-0.25, -0.2) is 0 Å². The second-order valence-electron chi connectivity index (χ2n) is 4.20. The summed E-state index contributed by atoms with van der Waals surface area (Å²) in [7, 11) is 0. The summed E-state index contributed by atoms with van der Waals surface area (Å²) in [6, 6.07) is 15.3. The standard InChI is InChI=1S/C15H16BrNO2/c16-13-6-4-12(5-7-13)15(9-17)19-14-3-1-2-11(8-14)10-18/h1-8,15,18H,9-10,17H2. The maximum Gasteiger partial charge on any atom is 0.136 e. The van der Waals surface area contributed by atoms with Gasteiger partial charge in [-0.15, -0.1) is 0 Å². The number of aliphatic hydroxyl groups is 1. The van der Waals surface area contributed by atoms with Gasteiger partial charge >= 0.3 is 0 Å². The van der Waals surface area contributed by atoms with Crippen molar-refractivity contribution in [2.45, 2.75) is 12.7 Å². The van der Waals surface area contributed by atoms with Crippen molar-refractivity contribution in [1.29, 1.82) is 0 Å². The molecule has 0 aromatic heterocycles. The second kappa shape index (κ2) is 6.70. The van der Waals surface area contributed by atoms with E-state index in [0.29, 0.717) is 12.3 Å². The third-order valence-corrected chi connectivity index (χ3v) is 3.34. The van der Waals surface area contributed by atoms with E-state index >= 15 is 0 Å². The van der Waals surface area contributed by atoms with Crippen molar-refractivity contribution >= 4 is 15.9 Å². The highest BCUT2D eigenvalue weighted by Gasteiger charge is 2.11. The van der Waals surface area contributed by atoms with Gasteiger partial charge in [-0.1, -0.05) is 40.2 Å². The van der Waals surface area contributed by atoms with Crippen molar-refractivity contribution in [1.82, 2.24) is 0 Å². The average molecular weight is 322 g/mol. The van der Waals surface area contributed by atoms with Crippen LogP contribution in [0.2, 0.25) is 0 Å². The second-order valence-corrected chi connectivity index (χ2v) is 5.11. The third-order valence-electron chi connectivity index (χ3n) is 2.82. The Hall–Kier alpha value is -1.36. The topological polar surface area (TPSA) is 55.5 Å². The quantitative estimate of drug-likeness (QED) is 0.890. The lowest BCUT2D eigenvalue weighted by atomic mass is 10.1. The molecule has 0 bridgehead atoms. The normalized spacial score (nSPS) is 12.2. The average Bonchev–Trinajstić information content (AvgIpc) is 2.46. The lowest BCUT2D eigenvalue weighted by molar-refractivity contribution is 0.213. The zero-order chi connectivity index (χ0) is 13.7. The van der Waals surface area contributed by atoms with Gasteiger partial charge in [0.2, 0.25) is 0 Å². The summed E-state index contributed by atoms with van der Waals surface area (Å²) in [6.45, 7) is 0.397. The molecule has 19 heavy (non-hydrogen) atoms. The molecular weight excluding hydrogens is 306 g/mol. The molecule has 0 aliphatic carbocycles. The molecule has 100 valence electrons. The van der Waals surface area contributed by atoms with E-state index in [0.717, 1.165) is 15.6 Å². The Labute approximate surface area is 121 Å². The van der Waals surface area contributed by atoms with Gasteiger partial charge in [0.15, 0.2) is 0 Å². The van der Waals surface area contributed by atoms with Gasteiger partial charge < -0.3 is 15.6 Å². The van der Waals surface area contributed by atoms with E-state index in [-0.39, 0.29) is 12.7 Å². The molecule has 0 spiro atoms. The van der Waals surface area contributed by atoms with Gasteiger partial charge in [0.25, 0.3) is 0 Å². The molecule has 0 heterocycles. The predicted octanol–water partition coefficient (Wildman–Crippen LogP) is 3.02. The summed E-state index contributed by atoms with van der Waals surface area (Å²) >= 11 is 3.40. The molecule has 4 heteroatoms. The van der Waals surface area contributed by atoms with Crippen LogP contribution in [0.5, 0.6) is 5.75 Å². The maximum absolute atomic E-state index is 9.12. The maximum atomic E-state index is 9.12. The molecule has 3 N–H and O–H groups in total. The summed E-state index contributed by atoms with van der Waals surface area (Å²) in [4.78, 5) is 0. The van der Waals surface area contributed by atoms with E-state index in [9.17, 15) is 0 Å². The van der Waals surface area contributed by atoms with E-state index in [4.69, 9.17) is 15.6 Å². The van der Waals surface area contributed by atoms with Gasteiger partial charge in [0.05, 0.1) is 6.61 Å². The van der Waals surface area contributed by atoms with Crippen LogP contribution in [-0.2, 0) is 6.61 Å². The Morgan fingerprint density at radius 1 is 1.16 bits per heavy atom. The van der Waals surface area contributed by atoms with Gasteiger partial charge in [0, 0.05) is 11.0 Å². The number of hydrogen-bond acceptors (Lipinski definition) is 3. The summed E-state index contributed by atoms with van der Waals surface area (Å²) < 4.78 is 6.90. The zero-order valence-corrected chi connectivity index (χ0v) is 12.0. The number of ether oxygens (including phenoxy) is 1. The van der Waals surface area contributed by atoms with Crippen LogP contribution in [0.25, 0.3) is 0 Å². The number of rotatable bonds is 5. The van der Waals surface area contributed by atoms with E-state index in [1.54, 1.807) is 0 Å². The van der Waals surface area contributed by atoms with Crippen molar-refractivity contribution in [3.8, 4) is 5.75 Å². The van der Waals surface area contributed by atoms with Gasteiger partial charge in [0.1, 0.15) is 11.9 Å². The first-order valence-electron chi connectivity index (χ1n) is 6.05. The Morgan fingerprint density at radius 3 is 2.53 bits per heavy atom. The lowest BCUT2D eigenvalue weighted by Crippen LogP contribution is -2.18. The molecule has 0 saturated heterocycles. The molecule has 0 aliphatic rings. The van der Waals surface area contributed by atoms with E-state index in [1.807, 2.05) is 48.5 Å². The molecule has 1 unspecified atom stereocenters. The fraction of sp³-hybridized carbons (Fsp3) is 0.200. The highest BCUT2D eigenvalue weighted by molar-refractivity contribution is 9.10. The first-order chi connectivity index (χ1) is 9.22. The molecule has 0 saturated carbocycles. The molecule has 2 aromatic carbocycles. The van der Waals surface area contributed by atoms with Crippen molar-refractivity contribution in [2.24, 2.45) is 5.73 Å². The van der Waals surface area contributed by atoms with Crippen LogP contribution in [0.1, 0.15) is 17.2 Å². The Balaban J connectivity index is 2.16. The first-order valence-corrected chi connectivity index (χ1v) is 6.84. The Kier molecular flexibility index (Phi) is 4.96. The molecule has 2 aromatic rings. The highest BCUT2D eigenvalue weighted by atomic mass is 79.9. The minimum Gasteiger partial charge on any atom is -0.484 e. The number of benzene rings is 2. The molecule has 0 radical (unpaired) electrons. The van der Waals surface area contributed by atoms with Gasteiger partial charge in [-0.2, -0.15) is 0 Å². The molecule has 3 nitrogen and oxygen atoms in total. The minimum absolute atomic E-state index is 0.00275. The van der Waals surface area contributed by atoms with Crippen LogP contribution >= 0.6 is 15.9 Å². The lowest BCUT2D eigenvalue weighted by Gasteiger charge is -2.18. The SMILES string of the molecule is NCC(Oc1cccc(CO)c1)c1ccc(Br)cc1. The number of aliphatic hydroxyl groups excluding tert-OH is 1. The first kappa shape index (κ1) is 14.1.